The van der Waals surface area contributed by atoms with Crippen molar-refractivity contribution in [2.45, 2.75) is 6.92 Å². The summed E-state index contributed by atoms with van der Waals surface area (Å²) < 4.78 is 4.25. The van der Waals surface area contributed by atoms with Crippen molar-refractivity contribution in [3.05, 3.63) is 22.4 Å². The van der Waals surface area contributed by atoms with Crippen molar-refractivity contribution in [1.29, 1.82) is 0 Å². The lowest BCUT2D eigenvalue weighted by Crippen LogP contribution is -1.55. The van der Waals surface area contributed by atoms with Crippen LogP contribution in [0, 0.1) is 6.92 Å². The van der Waals surface area contributed by atoms with Gasteiger partial charge in [-0.05, 0) is 18.4 Å². The number of hydrogen-bond donors (Lipinski definition) is 0. The molecule has 0 aliphatic heterocycles. The Morgan fingerprint density at radius 3 is 2.11 bits per heavy atom. The molecule has 9 heavy (non-hydrogen) atoms. The van der Waals surface area contributed by atoms with Gasteiger partial charge in [-0.3, -0.25) is 0 Å². The Kier molecular flexibility index (Phi) is 5.57. The van der Waals surface area contributed by atoms with E-state index >= 15 is 0 Å². The van der Waals surface area contributed by atoms with Crippen molar-refractivity contribution >= 4 is 11.3 Å². The zero-order chi connectivity index (χ0) is 7.11. The molecule has 0 bridgehead atoms. The number of ether oxygens (including phenoxy) is 1. The van der Waals surface area contributed by atoms with Gasteiger partial charge in [0.2, 0.25) is 0 Å². The van der Waals surface area contributed by atoms with Crippen LogP contribution in [0.15, 0.2) is 17.5 Å². The van der Waals surface area contributed by atoms with Crippen molar-refractivity contribution in [2.24, 2.45) is 0 Å². The minimum absolute atomic E-state index is 1.38. The average Bonchev–Trinajstić information content (AvgIpc) is 2.20. The monoisotopic (exact) mass is 144 g/mol. The van der Waals surface area contributed by atoms with Gasteiger partial charge in [-0.2, -0.15) is 0 Å². The summed E-state index contributed by atoms with van der Waals surface area (Å²) in [7, 11) is 3.25. The predicted octanol–water partition coefficient (Wildman–Crippen LogP) is 2.32. The summed E-state index contributed by atoms with van der Waals surface area (Å²) in [5.41, 5.74) is 0. The minimum atomic E-state index is 1.38. The van der Waals surface area contributed by atoms with Gasteiger partial charge in [0.1, 0.15) is 0 Å². The Balaban J connectivity index is 0.000000187. The molecule has 1 heterocycles. The highest BCUT2D eigenvalue weighted by molar-refractivity contribution is 7.09. The van der Waals surface area contributed by atoms with E-state index in [4.69, 9.17) is 0 Å². The molecule has 1 aromatic rings. The van der Waals surface area contributed by atoms with E-state index in [2.05, 4.69) is 29.2 Å². The Morgan fingerprint density at radius 1 is 1.44 bits per heavy atom. The molecule has 0 spiro atoms. The van der Waals surface area contributed by atoms with Crippen LogP contribution in [0.25, 0.3) is 0 Å². The van der Waals surface area contributed by atoms with Crippen LogP contribution in [0.5, 0.6) is 0 Å². The molecular weight excluding hydrogens is 132 g/mol. The van der Waals surface area contributed by atoms with Crippen LogP contribution in [0.2, 0.25) is 0 Å². The second-order valence-electron chi connectivity index (χ2n) is 1.63. The van der Waals surface area contributed by atoms with E-state index in [0.29, 0.717) is 0 Å². The van der Waals surface area contributed by atoms with E-state index < -0.39 is 0 Å². The first-order chi connectivity index (χ1) is 4.31. The summed E-state index contributed by atoms with van der Waals surface area (Å²) in [6.45, 7) is 2.10. The third kappa shape index (κ3) is 5.53. The van der Waals surface area contributed by atoms with Crippen molar-refractivity contribution in [2.75, 3.05) is 14.2 Å². The third-order valence-corrected chi connectivity index (χ3v) is 1.46. The Hall–Kier alpha value is -0.340. The molecule has 0 unspecified atom stereocenters. The normalized spacial score (nSPS) is 7.89. The highest BCUT2D eigenvalue weighted by Crippen LogP contribution is 2.03. The lowest BCUT2D eigenvalue weighted by atomic mass is 10.5. The van der Waals surface area contributed by atoms with Gasteiger partial charge in [0.15, 0.2) is 0 Å². The van der Waals surface area contributed by atoms with Gasteiger partial charge in [-0.25, -0.2) is 0 Å². The van der Waals surface area contributed by atoms with E-state index in [1.54, 1.807) is 25.6 Å². The maximum Gasteiger partial charge on any atom is 0.0351 e. The van der Waals surface area contributed by atoms with E-state index in [9.17, 15) is 0 Å². The van der Waals surface area contributed by atoms with Crippen LogP contribution in [-0.4, -0.2) is 14.2 Å². The SMILES string of the molecule is COC.Cc1cccs1. The van der Waals surface area contributed by atoms with E-state index in [-0.39, 0.29) is 0 Å². The van der Waals surface area contributed by atoms with Crippen molar-refractivity contribution in [1.82, 2.24) is 0 Å². The van der Waals surface area contributed by atoms with Crippen molar-refractivity contribution < 1.29 is 4.74 Å². The average molecular weight is 144 g/mol. The standard InChI is InChI=1S/C5H6S.C2H6O/c1-5-3-2-4-6-5;1-3-2/h2-4H,1H3;1-2H3. The van der Waals surface area contributed by atoms with Crippen LogP contribution in [0.4, 0.5) is 0 Å². The van der Waals surface area contributed by atoms with E-state index in [1.165, 1.54) is 4.88 Å². The molecule has 0 saturated carbocycles. The summed E-state index contributed by atoms with van der Waals surface area (Å²) >= 11 is 1.78. The quantitative estimate of drug-likeness (QED) is 0.543. The summed E-state index contributed by atoms with van der Waals surface area (Å²) in [6.07, 6.45) is 0. The zero-order valence-corrected chi connectivity index (χ0v) is 6.87. The molecule has 1 aromatic heterocycles. The summed E-state index contributed by atoms with van der Waals surface area (Å²) in [5.74, 6) is 0. The number of thiophene rings is 1. The van der Waals surface area contributed by atoms with Gasteiger partial charge >= 0.3 is 0 Å². The smallest absolute Gasteiger partial charge is 0.0351 e. The van der Waals surface area contributed by atoms with E-state index in [1.807, 2.05) is 0 Å². The fourth-order valence-corrected chi connectivity index (χ4v) is 0.890. The maximum atomic E-state index is 4.25. The molecule has 0 aliphatic carbocycles. The summed E-state index contributed by atoms with van der Waals surface area (Å²) in [5, 5.41) is 2.08. The largest absolute Gasteiger partial charge is 0.388 e. The first-order valence-corrected chi connectivity index (χ1v) is 3.59. The topological polar surface area (TPSA) is 9.23 Å². The van der Waals surface area contributed by atoms with E-state index in [0.717, 1.165) is 0 Å². The summed E-state index contributed by atoms with van der Waals surface area (Å²) in [4.78, 5) is 1.38. The molecule has 0 atom stereocenters. The fraction of sp³-hybridized carbons (Fsp3) is 0.429. The van der Waals surface area contributed by atoms with Gasteiger partial charge in [-0.15, -0.1) is 11.3 Å². The molecule has 0 aliphatic rings. The van der Waals surface area contributed by atoms with Crippen LogP contribution in [0.3, 0.4) is 0 Å². The molecule has 52 valence electrons. The fourth-order valence-electron chi connectivity index (χ4n) is 0.361. The van der Waals surface area contributed by atoms with Gasteiger partial charge in [0, 0.05) is 19.1 Å². The first kappa shape index (κ1) is 8.66. The Bertz CT molecular complexity index is 123. The molecular formula is C7H12OS. The molecule has 1 nitrogen and oxygen atoms in total. The van der Waals surface area contributed by atoms with Crippen molar-refractivity contribution in [3.8, 4) is 0 Å². The third-order valence-electron chi connectivity index (χ3n) is 0.663. The summed E-state index contributed by atoms with van der Waals surface area (Å²) in [6, 6.07) is 4.16. The van der Waals surface area contributed by atoms with Crippen LogP contribution in [0.1, 0.15) is 4.88 Å². The van der Waals surface area contributed by atoms with Gasteiger partial charge < -0.3 is 4.74 Å². The highest BCUT2D eigenvalue weighted by Gasteiger charge is 1.74. The molecule has 2 heteroatoms. The van der Waals surface area contributed by atoms with Crippen molar-refractivity contribution in [3.63, 3.8) is 0 Å². The van der Waals surface area contributed by atoms with Crippen LogP contribution < -0.4 is 0 Å². The molecule has 0 fully saturated rings. The second-order valence-corrected chi connectivity index (χ2v) is 2.78. The number of hydrogen-bond acceptors (Lipinski definition) is 2. The molecule has 1 rings (SSSR count). The Morgan fingerprint density at radius 2 is 2.00 bits per heavy atom. The lowest BCUT2D eigenvalue weighted by molar-refractivity contribution is 0.277. The number of rotatable bonds is 0. The lowest BCUT2D eigenvalue weighted by Gasteiger charge is -1.65. The van der Waals surface area contributed by atoms with Gasteiger partial charge in [0.05, 0.1) is 0 Å². The van der Waals surface area contributed by atoms with Crippen LogP contribution >= 0.6 is 11.3 Å². The molecule has 0 radical (unpaired) electrons. The van der Waals surface area contributed by atoms with Gasteiger partial charge in [-0.1, -0.05) is 6.07 Å². The predicted molar refractivity (Wildman–Crippen MR) is 42.0 cm³/mol. The van der Waals surface area contributed by atoms with Crippen LogP contribution in [-0.2, 0) is 4.74 Å². The second kappa shape index (κ2) is 5.79. The number of methoxy groups -OCH3 is 1. The number of aryl methyl sites for hydroxylation is 1. The maximum absolute atomic E-state index is 4.25. The molecule has 0 saturated heterocycles. The molecule has 0 aromatic carbocycles. The highest BCUT2D eigenvalue weighted by atomic mass is 32.1. The molecule has 0 amide bonds. The zero-order valence-electron chi connectivity index (χ0n) is 6.05. The molecule has 0 N–H and O–H groups in total. The first-order valence-electron chi connectivity index (χ1n) is 2.71. The minimum Gasteiger partial charge on any atom is -0.388 e. The van der Waals surface area contributed by atoms with Gasteiger partial charge in [0.25, 0.3) is 0 Å². The Labute approximate surface area is 60.3 Å².